The van der Waals surface area contributed by atoms with Gasteiger partial charge in [0, 0.05) is 11.0 Å². The Kier molecular flexibility index (Phi) is 3.93. The molecule has 3 N–H and O–H groups in total. The first kappa shape index (κ1) is 13.0. The lowest BCUT2D eigenvalue weighted by Crippen LogP contribution is -2.26. The number of aliphatic hydroxyl groups excluding tert-OH is 1. The number of aliphatic hydroxyl groups is 1. The predicted molar refractivity (Wildman–Crippen MR) is 70.2 cm³/mol. The van der Waals surface area contributed by atoms with Gasteiger partial charge in [0.25, 0.3) is 5.91 Å². The fraction of sp³-hybridized carbons (Fsp3) is 0.364. The molecule has 2 aromatic rings. The molecule has 1 aromatic heterocycles. The number of H-pyrrole nitrogens is 1. The normalized spacial score (nSPS) is 12.6. The van der Waals surface area contributed by atoms with Crippen LogP contribution in [0.15, 0.2) is 16.6 Å². The van der Waals surface area contributed by atoms with E-state index < -0.39 is 6.10 Å². The highest BCUT2D eigenvalue weighted by atomic mass is 79.9. The Morgan fingerprint density at radius 2 is 2.33 bits per heavy atom. The molecule has 0 saturated heterocycles. The second kappa shape index (κ2) is 5.45. The number of aromatic amines is 1. The maximum atomic E-state index is 12.0. The molecule has 2 rings (SSSR count). The Bertz CT molecular complexity index is 567. The summed E-state index contributed by atoms with van der Waals surface area (Å²) in [6, 6.07) is 3.48. The zero-order chi connectivity index (χ0) is 13.1. The van der Waals surface area contributed by atoms with Crippen molar-refractivity contribution in [3.8, 4) is 0 Å². The van der Waals surface area contributed by atoms with E-state index in [0.717, 1.165) is 4.47 Å². The maximum absolute atomic E-state index is 12.0. The summed E-state index contributed by atoms with van der Waals surface area (Å²) in [6.45, 7) is 2.10. The van der Waals surface area contributed by atoms with Gasteiger partial charge < -0.3 is 10.4 Å². The number of halogens is 1. The Morgan fingerprint density at radius 1 is 1.56 bits per heavy atom. The lowest BCUT2D eigenvalue weighted by atomic mass is 10.1. The first-order valence-electron chi connectivity index (χ1n) is 5.54. The number of hydrogen-bond donors (Lipinski definition) is 3. The molecule has 0 fully saturated rings. The van der Waals surface area contributed by atoms with Crippen LogP contribution >= 0.6 is 15.9 Å². The lowest BCUT2D eigenvalue weighted by molar-refractivity contribution is 0.0947. The van der Waals surface area contributed by atoms with Gasteiger partial charge in [-0.1, -0.05) is 15.9 Å². The Hall–Kier alpha value is -1.47. The minimum absolute atomic E-state index is 0.226. The molecule has 0 bridgehead atoms. The molecule has 6 nitrogen and oxygen atoms in total. The van der Waals surface area contributed by atoms with Crippen LogP contribution < -0.4 is 5.32 Å². The molecule has 1 atom stereocenters. The molecule has 0 spiro atoms. The number of carbonyl (C=O) groups excluding carboxylic acids is 1. The standard InChI is InChI=1S/C11H13BrN4O2/c1-6(17)2-3-13-11(18)8-4-7(12)5-9-10(8)15-16-14-9/h4-6,17H,2-3H2,1H3,(H,13,18)(H,14,15,16). The second-order valence-corrected chi connectivity index (χ2v) is 4.95. The number of nitrogens with one attached hydrogen (secondary N) is 2. The van der Waals surface area contributed by atoms with Crippen molar-refractivity contribution in [2.75, 3.05) is 6.54 Å². The number of benzene rings is 1. The number of carbonyl (C=O) groups is 1. The summed E-state index contributed by atoms with van der Waals surface area (Å²) in [5, 5.41) is 22.3. The number of rotatable bonds is 4. The molecular formula is C11H13BrN4O2. The first-order valence-corrected chi connectivity index (χ1v) is 6.33. The van der Waals surface area contributed by atoms with Crippen LogP contribution in [0, 0.1) is 0 Å². The van der Waals surface area contributed by atoms with Crippen molar-refractivity contribution < 1.29 is 9.90 Å². The quantitative estimate of drug-likeness (QED) is 0.791. The Morgan fingerprint density at radius 3 is 3.06 bits per heavy atom. The molecule has 1 amide bonds. The van der Waals surface area contributed by atoms with Gasteiger partial charge in [0.05, 0.1) is 11.7 Å². The topological polar surface area (TPSA) is 90.9 Å². The van der Waals surface area contributed by atoms with Gasteiger partial charge in [-0.05, 0) is 25.5 Å². The number of aromatic nitrogens is 3. The highest BCUT2D eigenvalue weighted by Crippen LogP contribution is 2.20. The van der Waals surface area contributed by atoms with Crippen molar-refractivity contribution >= 4 is 32.9 Å². The molecule has 1 heterocycles. The monoisotopic (exact) mass is 312 g/mol. The third-order valence-electron chi connectivity index (χ3n) is 2.48. The SMILES string of the molecule is CC(O)CCNC(=O)c1cc(Br)cc2n[nH]nc12. The summed E-state index contributed by atoms with van der Waals surface area (Å²) in [4.78, 5) is 12.0. The fourth-order valence-electron chi connectivity index (χ4n) is 1.58. The highest BCUT2D eigenvalue weighted by Gasteiger charge is 2.14. The second-order valence-electron chi connectivity index (χ2n) is 4.04. The van der Waals surface area contributed by atoms with Crippen molar-refractivity contribution in [1.29, 1.82) is 0 Å². The molecule has 1 unspecified atom stereocenters. The van der Waals surface area contributed by atoms with E-state index >= 15 is 0 Å². The third kappa shape index (κ3) is 2.85. The minimum Gasteiger partial charge on any atom is -0.393 e. The van der Waals surface area contributed by atoms with Crippen LogP contribution in [0.5, 0.6) is 0 Å². The molecule has 1 aromatic carbocycles. The average Bonchev–Trinajstić information content (AvgIpc) is 2.74. The van der Waals surface area contributed by atoms with E-state index in [4.69, 9.17) is 5.11 Å². The van der Waals surface area contributed by atoms with Crippen molar-refractivity contribution in [2.24, 2.45) is 0 Å². The van der Waals surface area contributed by atoms with E-state index in [-0.39, 0.29) is 5.91 Å². The van der Waals surface area contributed by atoms with Gasteiger partial charge in [-0.3, -0.25) is 4.79 Å². The largest absolute Gasteiger partial charge is 0.393 e. The van der Waals surface area contributed by atoms with Gasteiger partial charge >= 0.3 is 0 Å². The molecule has 7 heteroatoms. The number of hydrogen-bond acceptors (Lipinski definition) is 4. The van der Waals surface area contributed by atoms with Crippen LogP contribution in [0.4, 0.5) is 0 Å². The van der Waals surface area contributed by atoms with Gasteiger partial charge in [0.15, 0.2) is 0 Å². The summed E-state index contributed by atoms with van der Waals surface area (Å²) in [7, 11) is 0. The summed E-state index contributed by atoms with van der Waals surface area (Å²) >= 11 is 3.33. The molecule has 18 heavy (non-hydrogen) atoms. The molecular weight excluding hydrogens is 300 g/mol. The molecule has 0 aliphatic rings. The van der Waals surface area contributed by atoms with E-state index in [1.165, 1.54) is 0 Å². The fourth-order valence-corrected chi connectivity index (χ4v) is 2.03. The minimum atomic E-state index is -0.431. The van der Waals surface area contributed by atoms with E-state index in [9.17, 15) is 4.79 Å². The average molecular weight is 313 g/mol. The molecule has 0 radical (unpaired) electrons. The van der Waals surface area contributed by atoms with Gasteiger partial charge in [0.1, 0.15) is 11.0 Å². The summed E-state index contributed by atoms with van der Waals surface area (Å²) in [5.74, 6) is -0.226. The third-order valence-corrected chi connectivity index (χ3v) is 2.94. The van der Waals surface area contributed by atoms with Crippen LogP contribution in [0.1, 0.15) is 23.7 Å². The number of amides is 1. The van der Waals surface area contributed by atoms with Crippen LogP contribution in [-0.2, 0) is 0 Å². The Labute approximate surface area is 112 Å². The first-order chi connectivity index (χ1) is 8.58. The van der Waals surface area contributed by atoms with Crippen molar-refractivity contribution in [1.82, 2.24) is 20.7 Å². The predicted octanol–water partition coefficient (Wildman–Crippen LogP) is 1.22. The van der Waals surface area contributed by atoms with Crippen LogP contribution in [0.3, 0.4) is 0 Å². The molecule has 0 aliphatic heterocycles. The highest BCUT2D eigenvalue weighted by molar-refractivity contribution is 9.10. The van der Waals surface area contributed by atoms with E-state index in [2.05, 4.69) is 36.7 Å². The molecule has 0 saturated carbocycles. The summed E-state index contributed by atoms with van der Waals surface area (Å²) < 4.78 is 0.768. The van der Waals surface area contributed by atoms with Crippen molar-refractivity contribution in [3.05, 3.63) is 22.2 Å². The number of nitrogens with zero attached hydrogens (tertiary/aromatic N) is 2. The van der Waals surface area contributed by atoms with Crippen LogP contribution in [0.25, 0.3) is 11.0 Å². The van der Waals surface area contributed by atoms with Crippen molar-refractivity contribution in [3.63, 3.8) is 0 Å². The van der Waals surface area contributed by atoms with Gasteiger partial charge in [-0.2, -0.15) is 15.4 Å². The van der Waals surface area contributed by atoms with Crippen LogP contribution in [-0.4, -0.2) is 39.1 Å². The zero-order valence-electron chi connectivity index (χ0n) is 9.77. The maximum Gasteiger partial charge on any atom is 0.253 e. The molecule has 96 valence electrons. The number of fused-ring (bicyclic) bond motifs is 1. The molecule has 0 aliphatic carbocycles. The lowest BCUT2D eigenvalue weighted by Gasteiger charge is -2.07. The smallest absolute Gasteiger partial charge is 0.253 e. The van der Waals surface area contributed by atoms with Crippen LogP contribution in [0.2, 0.25) is 0 Å². The van der Waals surface area contributed by atoms with Gasteiger partial charge in [0.2, 0.25) is 0 Å². The summed E-state index contributed by atoms with van der Waals surface area (Å²) in [6.07, 6.45) is 0.0849. The van der Waals surface area contributed by atoms with Crippen molar-refractivity contribution in [2.45, 2.75) is 19.4 Å². The zero-order valence-corrected chi connectivity index (χ0v) is 11.4. The van der Waals surface area contributed by atoms with E-state index in [1.807, 2.05) is 0 Å². The Balaban J connectivity index is 2.19. The summed E-state index contributed by atoms with van der Waals surface area (Å²) in [5.41, 5.74) is 1.62. The van der Waals surface area contributed by atoms with Gasteiger partial charge in [-0.15, -0.1) is 0 Å². The van der Waals surface area contributed by atoms with E-state index in [0.29, 0.717) is 29.6 Å². The van der Waals surface area contributed by atoms with E-state index in [1.54, 1.807) is 19.1 Å². The van der Waals surface area contributed by atoms with Gasteiger partial charge in [-0.25, -0.2) is 0 Å².